The van der Waals surface area contributed by atoms with Gasteiger partial charge >= 0.3 is 6.18 Å². The molecule has 0 amide bonds. The minimum absolute atomic E-state index is 0.0454. The molecule has 0 fully saturated rings. The van der Waals surface area contributed by atoms with E-state index in [9.17, 15) is 21.6 Å². The van der Waals surface area contributed by atoms with E-state index in [1.54, 1.807) is 48.5 Å². The Morgan fingerprint density at radius 3 is 1.54 bits per heavy atom. The van der Waals surface area contributed by atoms with Crippen molar-refractivity contribution in [1.82, 2.24) is 4.31 Å². The number of sulfonamides is 1. The summed E-state index contributed by atoms with van der Waals surface area (Å²) < 4.78 is 74.1. The van der Waals surface area contributed by atoms with Crippen LogP contribution in [-0.4, -0.2) is 38.9 Å². The van der Waals surface area contributed by atoms with Crippen LogP contribution in [0.25, 0.3) is 0 Å². The first-order valence-corrected chi connectivity index (χ1v) is 10.0. The molecular weight excluding hydrogens is 395 g/mol. The lowest BCUT2D eigenvalue weighted by atomic mass is 10.2. The highest BCUT2D eigenvalue weighted by atomic mass is 32.2. The highest BCUT2D eigenvalue weighted by Gasteiger charge is 2.32. The van der Waals surface area contributed by atoms with Crippen LogP contribution in [0.3, 0.4) is 0 Å². The summed E-state index contributed by atoms with van der Waals surface area (Å²) in [5.41, 5.74) is 1.29. The van der Waals surface area contributed by atoms with E-state index in [1.165, 1.54) is 14.2 Å². The Morgan fingerprint density at radius 1 is 0.821 bits per heavy atom. The fourth-order valence-electron chi connectivity index (χ4n) is 2.50. The smallest absolute Gasteiger partial charge is 0.390 e. The van der Waals surface area contributed by atoms with E-state index < -0.39 is 28.4 Å². The number of rotatable bonds is 9. The Morgan fingerprint density at radius 2 is 1.21 bits per heavy atom. The summed E-state index contributed by atoms with van der Waals surface area (Å²) in [5, 5.41) is 0. The molecule has 0 unspecified atom stereocenters. The average Bonchev–Trinajstić information content (AvgIpc) is 2.66. The zero-order valence-corrected chi connectivity index (χ0v) is 16.4. The second-order valence-corrected chi connectivity index (χ2v) is 8.23. The SMILES string of the molecule is COc1ccc(CN(Cc2ccc(OC)cc2)S(=O)(=O)CCC(F)(F)F)cc1. The fourth-order valence-corrected chi connectivity index (χ4v) is 3.93. The van der Waals surface area contributed by atoms with Crippen LogP contribution in [0.4, 0.5) is 13.2 Å². The van der Waals surface area contributed by atoms with Gasteiger partial charge in [-0.15, -0.1) is 0 Å². The maximum atomic E-state index is 12.6. The molecule has 2 rings (SSSR count). The van der Waals surface area contributed by atoms with E-state index >= 15 is 0 Å². The van der Waals surface area contributed by atoms with Crippen molar-refractivity contribution < 1.29 is 31.1 Å². The zero-order valence-electron chi connectivity index (χ0n) is 15.6. The van der Waals surface area contributed by atoms with Crippen LogP contribution < -0.4 is 9.47 Å². The summed E-state index contributed by atoms with van der Waals surface area (Å²) >= 11 is 0. The number of hydrogen-bond donors (Lipinski definition) is 0. The molecule has 154 valence electrons. The topological polar surface area (TPSA) is 55.8 Å². The van der Waals surface area contributed by atoms with E-state index in [-0.39, 0.29) is 13.1 Å². The number of alkyl halides is 3. The van der Waals surface area contributed by atoms with Crippen molar-refractivity contribution in [2.75, 3.05) is 20.0 Å². The van der Waals surface area contributed by atoms with Gasteiger partial charge in [-0.3, -0.25) is 0 Å². The first kappa shape index (κ1) is 22.0. The predicted octanol–water partition coefficient (Wildman–Crippen LogP) is 3.99. The number of halogens is 3. The van der Waals surface area contributed by atoms with Crippen molar-refractivity contribution in [3.05, 3.63) is 59.7 Å². The van der Waals surface area contributed by atoms with Crippen LogP contribution in [0.2, 0.25) is 0 Å². The fraction of sp³-hybridized carbons (Fsp3) is 0.368. The summed E-state index contributed by atoms with van der Waals surface area (Å²) in [4.78, 5) is 0. The molecule has 2 aromatic rings. The summed E-state index contributed by atoms with van der Waals surface area (Å²) in [7, 11) is -1.12. The highest BCUT2D eigenvalue weighted by Crippen LogP contribution is 2.24. The van der Waals surface area contributed by atoms with Gasteiger partial charge < -0.3 is 9.47 Å². The quantitative estimate of drug-likeness (QED) is 0.619. The molecule has 0 aliphatic heterocycles. The Labute approximate surface area is 162 Å². The van der Waals surface area contributed by atoms with Gasteiger partial charge in [0, 0.05) is 13.1 Å². The van der Waals surface area contributed by atoms with E-state index in [0.29, 0.717) is 22.6 Å². The van der Waals surface area contributed by atoms with Crippen molar-refractivity contribution in [3.63, 3.8) is 0 Å². The van der Waals surface area contributed by atoms with Gasteiger partial charge in [-0.2, -0.15) is 17.5 Å². The minimum atomic E-state index is -4.54. The van der Waals surface area contributed by atoms with Gasteiger partial charge in [-0.1, -0.05) is 24.3 Å². The normalized spacial score (nSPS) is 12.2. The Bertz CT molecular complexity index is 801. The molecule has 0 spiro atoms. The zero-order chi connectivity index (χ0) is 20.8. The molecule has 2 aromatic carbocycles. The summed E-state index contributed by atoms with van der Waals surface area (Å²) in [6, 6.07) is 13.4. The standard InChI is InChI=1S/C19H22F3NO4S/c1-26-17-7-3-15(4-8-17)13-23(28(24,25)12-11-19(20,21)22)14-16-5-9-18(27-2)10-6-16/h3-10H,11-14H2,1-2H3. The van der Waals surface area contributed by atoms with Gasteiger partial charge in [0.2, 0.25) is 10.0 Å². The van der Waals surface area contributed by atoms with Crippen LogP contribution in [0.1, 0.15) is 17.5 Å². The Kier molecular flexibility index (Phi) is 7.31. The van der Waals surface area contributed by atoms with Gasteiger partial charge in [0.25, 0.3) is 0 Å². The monoisotopic (exact) mass is 417 g/mol. The molecule has 9 heteroatoms. The first-order valence-electron chi connectivity index (χ1n) is 8.43. The van der Waals surface area contributed by atoms with E-state index in [1.807, 2.05) is 0 Å². The van der Waals surface area contributed by atoms with E-state index in [0.717, 1.165) is 4.31 Å². The Balaban J connectivity index is 2.24. The lowest BCUT2D eigenvalue weighted by molar-refractivity contribution is -0.130. The molecule has 0 radical (unpaired) electrons. The number of benzene rings is 2. The molecule has 0 saturated heterocycles. The maximum Gasteiger partial charge on any atom is 0.390 e. The third-order valence-corrected chi connectivity index (χ3v) is 5.84. The van der Waals surface area contributed by atoms with Crippen molar-refractivity contribution in [3.8, 4) is 11.5 Å². The highest BCUT2D eigenvalue weighted by molar-refractivity contribution is 7.89. The van der Waals surface area contributed by atoms with Crippen molar-refractivity contribution in [2.24, 2.45) is 0 Å². The number of hydrogen-bond acceptors (Lipinski definition) is 4. The molecule has 28 heavy (non-hydrogen) atoms. The second-order valence-electron chi connectivity index (χ2n) is 6.15. The van der Waals surface area contributed by atoms with E-state index in [4.69, 9.17) is 9.47 Å². The number of nitrogens with zero attached hydrogens (tertiary/aromatic N) is 1. The summed E-state index contributed by atoms with van der Waals surface area (Å²) in [6.45, 7) is -0.0908. The van der Waals surface area contributed by atoms with E-state index in [2.05, 4.69) is 0 Å². The Hall–Kier alpha value is -2.26. The third-order valence-electron chi connectivity index (χ3n) is 4.07. The van der Waals surface area contributed by atoms with Crippen molar-refractivity contribution >= 4 is 10.0 Å². The van der Waals surface area contributed by atoms with Gasteiger partial charge in [-0.05, 0) is 35.4 Å². The minimum Gasteiger partial charge on any atom is -0.497 e. The number of methoxy groups -OCH3 is 2. The van der Waals surface area contributed by atoms with Crippen molar-refractivity contribution in [1.29, 1.82) is 0 Å². The molecule has 0 bridgehead atoms. The summed E-state index contributed by atoms with van der Waals surface area (Å²) in [5.74, 6) is 0.207. The summed E-state index contributed by atoms with van der Waals surface area (Å²) in [6.07, 6.45) is -5.93. The van der Waals surface area contributed by atoms with Crippen molar-refractivity contribution in [2.45, 2.75) is 25.7 Å². The molecule has 0 heterocycles. The van der Waals surface area contributed by atoms with Crippen LogP contribution in [-0.2, 0) is 23.1 Å². The third kappa shape index (κ3) is 6.72. The molecular formula is C19H22F3NO4S. The molecule has 5 nitrogen and oxygen atoms in total. The largest absolute Gasteiger partial charge is 0.497 e. The predicted molar refractivity (Wildman–Crippen MR) is 99.7 cm³/mol. The second kappa shape index (κ2) is 9.29. The van der Waals surface area contributed by atoms with Gasteiger partial charge in [-0.25, -0.2) is 8.42 Å². The maximum absolute atomic E-state index is 12.6. The molecule has 0 saturated carbocycles. The molecule has 0 aliphatic carbocycles. The lowest BCUT2D eigenvalue weighted by Gasteiger charge is -2.23. The molecule has 0 N–H and O–H groups in total. The lowest BCUT2D eigenvalue weighted by Crippen LogP contribution is -2.33. The van der Waals surface area contributed by atoms with Crippen LogP contribution in [0.5, 0.6) is 11.5 Å². The first-order chi connectivity index (χ1) is 13.1. The van der Waals surface area contributed by atoms with Crippen LogP contribution in [0.15, 0.2) is 48.5 Å². The van der Waals surface area contributed by atoms with Crippen LogP contribution in [0, 0.1) is 0 Å². The molecule has 0 aromatic heterocycles. The molecule has 0 aliphatic rings. The van der Waals surface area contributed by atoms with Gasteiger partial charge in [0.1, 0.15) is 11.5 Å². The van der Waals surface area contributed by atoms with Gasteiger partial charge in [0.05, 0.1) is 26.4 Å². The van der Waals surface area contributed by atoms with Gasteiger partial charge in [0.15, 0.2) is 0 Å². The average molecular weight is 417 g/mol. The molecule has 0 atom stereocenters. The number of ether oxygens (including phenoxy) is 2. The van der Waals surface area contributed by atoms with Crippen LogP contribution >= 0.6 is 0 Å².